The van der Waals surface area contributed by atoms with Crippen LogP contribution in [0.3, 0.4) is 0 Å². The third-order valence-electron chi connectivity index (χ3n) is 2.88. The largest absolute Gasteiger partial charge is 0.292 e. The van der Waals surface area contributed by atoms with E-state index in [0.717, 1.165) is 12.1 Å². The van der Waals surface area contributed by atoms with Gasteiger partial charge >= 0.3 is 0 Å². The summed E-state index contributed by atoms with van der Waals surface area (Å²) in [4.78, 5) is 11.8. The van der Waals surface area contributed by atoms with Gasteiger partial charge in [0.05, 0.1) is 5.69 Å². The number of hydrogen-bond donors (Lipinski definition) is 0. The number of hydrogen-bond acceptors (Lipinski definition) is 3. The first-order chi connectivity index (χ1) is 9.49. The van der Waals surface area contributed by atoms with E-state index in [1.165, 1.54) is 4.68 Å². The van der Waals surface area contributed by atoms with Crippen LogP contribution < -0.4 is 0 Å². The number of rotatable bonds is 4. The fourth-order valence-electron chi connectivity index (χ4n) is 1.92. The molecule has 106 valence electrons. The van der Waals surface area contributed by atoms with Gasteiger partial charge in [0.1, 0.15) is 11.5 Å². The summed E-state index contributed by atoms with van der Waals surface area (Å²) in [7, 11) is 0. The average Bonchev–Trinajstić information content (AvgIpc) is 2.80. The van der Waals surface area contributed by atoms with E-state index in [4.69, 9.17) is 0 Å². The van der Waals surface area contributed by atoms with Gasteiger partial charge in [0.25, 0.3) is 0 Å². The zero-order valence-electron chi connectivity index (χ0n) is 11.0. The summed E-state index contributed by atoms with van der Waals surface area (Å²) >= 11 is 3.11. The van der Waals surface area contributed by atoms with Gasteiger partial charge in [-0.3, -0.25) is 4.79 Å². The molecule has 0 aliphatic rings. The molecule has 0 atom stereocenters. The van der Waals surface area contributed by atoms with Crippen LogP contribution in [0.2, 0.25) is 0 Å². The quantitative estimate of drug-likeness (QED) is 0.798. The summed E-state index contributed by atoms with van der Waals surface area (Å²) in [6.45, 7) is 3.53. The molecule has 0 aliphatic carbocycles. The normalized spacial score (nSPS) is 10.8. The van der Waals surface area contributed by atoms with Crippen molar-refractivity contribution in [3.8, 4) is 5.69 Å². The topological polar surface area (TPSA) is 47.8 Å². The third-order valence-corrected chi connectivity index (χ3v) is 3.48. The summed E-state index contributed by atoms with van der Waals surface area (Å²) in [5.41, 5.74) is 0.777. The first-order valence-electron chi connectivity index (χ1n) is 6.12. The molecule has 0 saturated heterocycles. The Kier molecular flexibility index (Phi) is 4.27. The van der Waals surface area contributed by atoms with E-state index >= 15 is 0 Å². The highest BCUT2D eigenvalue weighted by Gasteiger charge is 2.21. The molecule has 4 nitrogen and oxygen atoms in total. The zero-order valence-corrected chi connectivity index (χ0v) is 12.5. The molecule has 20 heavy (non-hydrogen) atoms. The number of carbonyl (C=O) groups is 1. The van der Waals surface area contributed by atoms with Crippen LogP contribution >= 0.6 is 15.9 Å². The summed E-state index contributed by atoms with van der Waals surface area (Å²) in [6, 6.07) is 1.91. The molecule has 0 amide bonds. The predicted molar refractivity (Wildman–Crippen MR) is 73.0 cm³/mol. The van der Waals surface area contributed by atoms with E-state index < -0.39 is 11.6 Å². The molecule has 1 heterocycles. The van der Waals surface area contributed by atoms with Crippen LogP contribution in [0.15, 0.2) is 16.6 Å². The molecule has 0 spiro atoms. The Labute approximate surface area is 122 Å². The van der Waals surface area contributed by atoms with Crippen LogP contribution in [0.5, 0.6) is 0 Å². The van der Waals surface area contributed by atoms with Gasteiger partial charge in [-0.1, -0.05) is 19.1 Å². The molecule has 0 unspecified atom stereocenters. The lowest BCUT2D eigenvalue weighted by Gasteiger charge is -2.09. The highest BCUT2D eigenvalue weighted by Crippen LogP contribution is 2.27. The molecular formula is C13H12BrF2N3O. The van der Waals surface area contributed by atoms with Crippen LogP contribution in [-0.2, 0) is 6.42 Å². The van der Waals surface area contributed by atoms with Crippen molar-refractivity contribution in [2.24, 2.45) is 0 Å². The van der Waals surface area contributed by atoms with E-state index in [0.29, 0.717) is 18.5 Å². The number of Topliss-reactive ketones (excluding diaryl/α,β-unsaturated/α-hetero) is 1. The highest BCUT2D eigenvalue weighted by atomic mass is 79.9. The van der Waals surface area contributed by atoms with Crippen molar-refractivity contribution in [2.45, 2.75) is 26.7 Å². The molecule has 7 heteroatoms. The van der Waals surface area contributed by atoms with Crippen LogP contribution in [0.1, 0.15) is 36.5 Å². The lowest BCUT2D eigenvalue weighted by atomic mass is 10.1. The monoisotopic (exact) mass is 343 g/mol. The van der Waals surface area contributed by atoms with Crippen molar-refractivity contribution >= 4 is 21.7 Å². The van der Waals surface area contributed by atoms with E-state index in [-0.39, 0.29) is 21.6 Å². The Bertz CT molecular complexity index is 647. The Morgan fingerprint density at radius 1 is 1.35 bits per heavy atom. The Morgan fingerprint density at radius 3 is 2.60 bits per heavy atom. The minimum atomic E-state index is -0.771. The maximum atomic E-state index is 14.0. The van der Waals surface area contributed by atoms with E-state index in [1.54, 1.807) is 6.92 Å². The van der Waals surface area contributed by atoms with Crippen molar-refractivity contribution in [3.05, 3.63) is 39.6 Å². The van der Waals surface area contributed by atoms with Gasteiger partial charge in [-0.25, -0.2) is 13.5 Å². The van der Waals surface area contributed by atoms with Gasteiger partial charge < -0.3 is 0 Å². The van der Waals surface area contributed by atoms with Gasteiger partial charge in [0.15, 0.2) is 17.3 Å². The van der Waals surface area contributed by atoms with Crippen LogP contribution in [0.4, 0.5) is 8.78 Å². The van der Waals surface area contributed by atoms with Crippen molar-refractivity contribution in [2.75, 3.05) is 0 Å². The fraction of sp³-hybridized carbons (Fsp3) is 0.308. The maximum absolute atomic E-state index is 14.0. The van der Waals surface area contributed by atoms with Crippen molar-refractivity contribution in [1.82, 2.24) is 15.0 Å². The SMILES string of the molecule is CCC(=O)c1nnn(-c2c(F)cc(F)cc2Br)c1CC. The maximum Gasteiger partial charge on any atom is 0.184 e. The smallest absolute Gasteiger partial charge is 0.184 e. The predicted octanol–water partition coefficient (Wildman–Crippen LogP) is 3.46. The molecule has 0 aliphatic heterocycles. The molecule has 0 radical (unpaired) electrons. The number of ketones is 1. The first-order valence-corrected chi connectivity index (χ1v) is 6.91. The number of benzene rings is 1. The number of halogens is 3. The molecule has 1 aromatic carbocycles. The number of carbonyl (C=O) groups excluding carboxylic acids is 1. The molecular weight excluding hydrogens is 332 g/mol. The Balaban J connectivity index is 2.65. The summed E-state index contributed by atoms with van der Waals surface area (Å²) in [5, 5.41) is 7.65. The second-order valence-electron chi connectivity index (χ2n) is 4.14. The van der Waals surface area contributed by atoms with E-state index in [9.17, 15) is 13.6 Å². The molecule has 0 bridgehead atoms. The van der Waals surface area contributed by atoms with Crippen LogP contribution in [0, 0.1) is 11.6 Å². The van der Waals surface area contributed by atoms with E-state index in [1.807, 2.05) is 6.92 Å². The van der Waals surface area contributed by atoms with Crippen molar-refractivity contribution in [3.63, 3.8) is 0 Å². The summed E-state index contributed by atoms with van der Waals surface area (Å²) in [5.74, 6) is -1.63. The van der Waals surface area contributed by atoms with Gasteiger partial charge in [0, 0.05) is 17.0 Å². The summed E-state index contributed by atoms with van der Waals surface area (Å²) in [6.07, 6.45) is 0.746. The fourth-order valence-corrected chi connectivity index (χ4v) is 2.50. The molecule has 0 N–H and O–H groups in total. The minimum absolute atomic E-state index is 0.0471. The standard InChI is InChI=1S/C13H12BrF2N3O/c1-3-10-12(11(20)4-2)17-18-19(10)13-8(14)5-7(15)6-9(13)16/h5-6H,3-4H2,1-2H3. The number of aromatic nitrogens is 3. The first kappa shape index (κ1) is 14.8. The van der Waals surface area contributed by atoms with E-state index in [2.05, 4.69) is 26.2 Å². The second-order valence-corrected chi connectivity index (χ2v) is 5.00. The molecule has 2 aromatic rings. The highest BCUT2D eigenvalue weighted by molar-refractivity contribution is 9.10. The van der Waals surface area contributed by atoms with Gasteiger partial charge in [-0.15, -0.1) is 5.10 Å². The second kappa shape index (κ2) is 5.78. The molecule has 0 saturated carbocycles. The summed E-state index contributed by atoms with van der Waals surface area (Å²) < 4.78 is 28.5. The zero-order chi connectivity index (χ0) is 14.9. The lowest BCUT2D eigenvalue weighted by molar-refractivity contribution is 0.0982. The van der Waals surface area contributed by atoms with Gasteiger partial charge in [0.2, 0.25) is 0 Å². The van der Waals surface area contributed by atoms with Crippen molar-refractivity contribution < 1.29 is 13.6 Å². The molecule has 1 aromatic heterocycles. The van der Waals surface area contributed by atoms with Gasteiger partial charge in [-0.2, -0.15) is 0 Å². The van der Waals surface area contributed by atoms with Crippen molar-refractivity contribution in [1.29, 1.82) is 0 Å². The Morgan fingerprint density at radius 2 is 2.05 bits per heavy atom. The average molecular weight is 344 g/mol. The van der Waals surface area contributed by atoms with Crippen LogP contribution in [0.25, 0.3) is 5.69 Å². The Hall–Kier alpha value is -1.63. The van der Waals surface area contributed by atoms with Crippen LogP contribution in [-0.4, -0.2) is 20.8 Å². The molecule has 2 rings (SSSR count). The minimum Gasteiger partial charge on any atom is -0.292 e. The lowest BCUT2D eigenvalue weighted by Crippen LogP contribution is -2.08. The number of nitrogens with zero attached hydrogens (tertiary/aromatic N) is 3. The van der Waals surface area contributed by atoms with Gasteiger partial charge in [-0.05, 0) is 28.4 Å². The molecule has 0 fully saturated rings. The third kappa shape index (κ3) is 2.49.